The van der Waals surface area contributed by atoms with Gasteiger partial charge in [-0.1, -0.05) is 36.4 Å². The van der Waals surface area contributed by atoms with Crippen LogP contribution in [-0.4, -0.2) is 5.91 Å². The first-order valence-corrected chi connectivity index (χ1v) is 5.85. The lowest BCUT2D eigenvalue weighted by Gasteiger charge is -2.07. The minimum Gasteiger partial charge on any atom is -0.398 e. The molecule has 3 N–H and O–H groups in total. The van der Waals surface area contributed by atoms with Crippen LogP contribution in [0.5, 0.6) is 0 Å². The van der Waals surface area contributed by atoms with Crippen LogP contribution in [0.3, 0.4) is 0 Å². The maximum absolute atomic E-state index is 11.8. The Bertz CT molecular complexity index is 550. The summed E-state index contributed by atoms with van der Waals surface area (Å²) in [6.45, 7) is 1.94. The van der Waals surface area contributed by atoms with Crippen molar-refractivity contribution >= 4 is 17.3 Å². The number of nitrogen functional groups attached to an aromatic ring is 1. The molecule has 0 fully saturated rings. The molecule has 18 heavy (non-hydrogen) atoms. The summed E-state index contributed by atoms with van der Waals surface area (Å²) in [6.07, 6.45) is 0.370. The minimum absolute atomic E-state index is 0.0375. The molecular formula is C15H16N2O. The van der Waals surface area contributed by atoms with Gasteiger partial charge < -0.3 is 11.1 Å². The molecule has 3 heteroatoms. The largest absolute Gasteiger partial charge is 0.398 e. The molecule has 0 spiro atoms. The van der Waals surface area contributed by atoms with Gasteiger partial charge in [0.15, 0.2) is 0 Å². The van der Waals surface area contributed by atoms with E-state index in [1.807, 2.05) is 49.4 Å². The molecule has 0 aromatic heterocycles. The summed E-state index contributed by atoms with van der Waals surface area (Å²) >= 11 is 0. The highest BCUT2D eigenvalue weighted by Crippen LogP contribution is 2.17. The van der Waals surface area contributed by atoms with Crippen LogP contribution in [-0.2, 0) is 11.2 Å². The number of carbonyl (C=O) groups is 1. The van der Waals surface area contributed by atoms with Crippen molar-refractivity contribution in [1.29, 1.82) is 0 Å². The molecule has 1 amide bonds. The van der Waals surface area contributed by atoms with Crippen LogP contribution in [0.2, 0.25) is 0 Å². The van der Waals surface area contributed by atoms with Gasteiger partial charge in [-0.2, -0.15) is 0 Å². The van der Waals surface area contributed by atoms with E-state index in [-0.39, 0.29) is 5.91 Å². The van der Waals surface area contributed by atoms with Crippen molar-refractivity contribution in [3.63, 3.8) is 0 Å². The first kappa shape index (κ1) is 12.2. The Labute approximate surface area is 107 Å². The molecule has 0 saturated carbocycles. The van der Waals surface area contributed by atoms with Crippen molar-refractivity contribution in [2.75, 3.05) is 11.1 Å². The van der Waals surface area contributed by atoms with Gasteiger partial charge in [-0.3, -0.25) is 4.79 Å². The molecule has 2 aromatic carbocycles. The van der Waals surface area contributed by atoms with Crippen LogP contribution in [0.15, 0.2) is 48.5 Å². The lowest BCUT2D eigenvalue weighted by molar-refractivity contribution is -0.115. The molecule has 3 nitrogen and oxygen atoms in total. The maximum atomic E-state index is 11.8. The fraction of sp³-hybridized carbons (Fsp3) is 0.133. The van der Waals surface area contributed by atoms with Gasteiger partial charge in [0.25, 0.3) is 0 Å². The summed E-state index contributed by atoms with van der Waals surface area (Å²) in [5, 5.41) is 2.84. The lowest BCUT2D eigenvalue weighted by Crippen LogP contribution is -2.14. The van der Waals surface area contributed by atoms with Crippen LogP contribution in [0.4, 0.5) is 11.4 Å². The van der Waals surface area contributed by atoms with Crippen LogP contribution < -0.4 is 11.1 Å². The number of nitrogens with two attached hydrogens (primary N) is 1. The van der Waals surface area contributed by atoms with Gasteiger partial charge in [-0.25, -0.2) is 0 Å². The Hall–Kier alpha value is -2.29. The number of anilines is 2. The average Bonchev–Trinajstić information content (AvgIpc) is 2.35. The fourth-order valence-electron chi connectivity index (χ4n) is 1.70. The molecule has 0 bridgehead atoms. The van der Waals surface area contributed by atoms with Gasteiger partial charge in [0.1, 0.15) is 0 Å². The molecule has 0 aliphatic rings. The molecule has 0 aliphatic heterocycles. The average molecular weight is 240 g/mol. The SMILES string of the molecule is Cc1ccc(NC(=O)Cc2ccccc2)cc1N. The standard InChI is InChI=1S/C15H16N2O/c1-11-7-8-13(10-14(11)16)17-15(18)9-12-5-3-2-4-6-12/h2-8,10H,9,16H2,1H3,(H,17,18). The van der Waals surface area contributed by atoms with Crippen LogP contribution in [0.25, 0.3) is 0 Å². The van der Waals surface area contributed by atoms with Gasteiger partial charge in [-0.15, -0.1) is 0 Å². The second-order valence-electron chi connectivity index (χ2n) is 4.28. The van der Waals surface area contributed by atoms with Crippen molar-refractivity contribution < 1.29 is 4.79 Å². The predicted octanol–water partition coefficient (Wildman–Crippen LogP) is 2.76. The van der Waals surface area contributed by atoms with E-state index in [1.54, 1.807) is 6.07 Å². The molecule has 0 radical (unpaired) electrons. The van der Waals surface area contributed by atoms with Crippen molar-refractivity contribution in [1.82, 2.24) is 0 Å². The van der Waals surface area contributed by atoms with Crippen molar-refractivity contribution in [3.05, 3.63) is 59.7 Å². The zero-order valence-corrected chi connectivity index (χ0v) is 10.3. The van der Waals surface area contributed by atoms with Crippen molar-refractivity contribution in [3.8, 4) is 0 Å². The van der Waals surface area contributed by atoms with E-state index < -0.39 is 0 Å². The molecule has 0 aliphatic carbocycles. The molecule has 0 saturated heterocycles. The van der Waals surface area contributed by atoms with E-state index in [2.05, 4.69) is 5.32 Å². The van der Waals surface area contributed by atoms with E-state index in [1.165, 1.54) is 0 Å². The second-order valence-corrected chi connectivity index (χ2v) is 4.28. The summed E-state index contributed by atoms with van der Waals surface area (Å²) in [5.74, 6) is -0.0375. The van der Waals surface area contributed by atoms with E-state index in [9.17, 15) is 4.79 Å². The summed E-state index contributed by atoms with van der Waals surface area (Å²) in [5.41, 5.74) is 9.23. The van der Waals surface area contributed by atoms with Crippen LogP contribution >= 0.6 is 0 Å². The van der Waals surface area contributed by atoms with E-state index in [0.717, 1.165) is 16.8 Å². The van der Waals surface area contributed by atoms with Crippen LogP contribution in [0.1, 0.15) is 11.1 Å². The Morgan fingerprint density at radius 3 is 2.56 bits per heavy atom. The number of amides is 1. The molecule has 0 unspecified atom stereocenters. The number of benzene rings is 2. The first-order chi connectivity index (χ1) is 8.65. The van der Waals surface area contributed by atoms with E-state index in [4.69, 9.17) is 5.73 Å². The van der Waals surface area contributed by atoms with Crippen LogP contribution in [0, 0.1) is 6.92 Å². The molecule has 92 valence electrons. The summed E-state index contributed by atoms with van der Waals surface area (Å²) in [7, 11) is 0. The fourth-order valence-corrected chi connectivity index (χ4v) is 1.70. The second kappa shape index (κ2) is 5.36. The Morgan fingerprint density at radius 2 is 1.89 bits per heavy atom. The third-order valence-electron chi connectivity index (χ3n) is 2.77. The smallest absolute Gasteiger partial charge is 0.228 e. The third-order valence-corrected chi connectivity index (χ3v) is 2.77. The van der Waals surface area contributed by atoms with E-state index in [0.29, 0.717) is 12.1 Å². The molecular weight excluding hydrogens is 224 g/mol. The summed E-state index contributed by atoms with van der Waals surface area (Å²) in [4.78, 5) is 11.8. The molecule has 0 heterocycles. The zero-order chi connectivity index (χ0) is 13.0. The normalized spacial score (nSPS) is 10.1. The highest BCUT2D eigenvalue weighted by Gasteiger charge is 2.04. The number of hydrogen-bond acceptors (Lipinski definition) is 2. The van der Waals surface area contributed by atoms with Gasteiger partial charge in [0.2, 0.25) is 5.91 Å². The van der Waals surface area contributed by atoms with E-state index >= 15 is 0 Å². The minimum atomic E-state index is -0.0375. The monoisotopic (exact) mass is 240 g/mol. The summed E-state index contributed by atoms with van der Waals surface area (Å²) in [6, 6.07) is 15.2. The number of aryl methyl sites for hydroxylation is 1. The maximum Gasteiger partial charge on any atom is 0.228 e. The summed E-state index contributed by atoms with van der Waals surface area (Å²) < 4.78 is 0. The van der Waals surface area contributed by atoms with Gasteiger partial charge in [-0.05, 0) is 30.2 Å². The van der Waals surface area contributed by atoms with Gasteiger partial charge in [0.05, 0.1) is 6.42 Å². The number of rotatable bonds is 3. The Balaban J connectivity index is 2.01. The van der Waals surface area contributed by atoms with Crippen molar-refractivity contribution in [2.24, 2.45) is 0 Å². The van der Waals surface area contributed by atoms with Gasteiger partial charge >= 0.3 is 0 Å². The molecule has 2 rings (SSSR count). The Morgan fingerprint density at radius 1 is 1.17 bits per heavy atom. The lowest BCUT2D eigenvalue weighted by atomic mass is 10.1. The molecule has 2 aromatic rings. The number of nitrogens with one attached hydrogen (secondary N) is 1. The first-order valence-electron chi connectivity index (χ1n) is 5.85. The zero-order valence-electron chi connectivity index (χ0n) is 10.3. The van der Waals surface area contributed by atoms with Crippen molar-refractivity contribution in [2.45, 2.75) is 13.3 Å². The number of hydrogen-bond donors (Lipinski definition) is 2. The predicted molar refractivity (Wildman–Crippen MR) is 74.4 cm³/mol. The topological polar surface area (TPSA) is 55.1 Å². The Kier molecular flexibility index (Phi) is 3.63. The quantitative estimate of drug-likeness (QED) is 0.810. The van der Waals surface area contributed by atoms with Gasteiger partial charge in [0, 0.05) is 11.4 Å². The number of carbonyl (C=O) groups excluding carboxylic acids is 1. The highest BCUT2D eigenvalue weighted by atomic mass is 16.1. The highest BCUT2D eigenvalue weighted by molar-refractivity contribution is 5.92. The third kappa shape index (κ3) is 3.10. The molecule has 0 atom stereocenters.